The summed E-state index contributed by atoms with van der Waals surface area (Å²) < 4.78 is 2.27. The molecule has 0 radical (unpaired) electrons. The average Bonchev–Trinajstić information content (AvgIpc) is 2.92. The molecule has 1 heterocycles. The molecule has 0 aliphatic rings. The lowest BCUT2D eigenvalue weighted by Crippen LogP contribution is -2.41. The fourth-order valence-corrected chi connectivity index (χ4v) is 4.67. The number of nitrogens with zero attached hydrogens (tertiary/aromatic N) is 1. The quantitative estimate of drug-likeness (QED) is 0.145. The number of carbonyl (C=O) groups excluding carboxylic acids is 1. The van der Waals surface area contributed by atoms with Gasteiger partial charge in [-0.1, -0.05) is 107 Å². The van der Waals surface area contributed by atoms with Gasteiger partial charge < -0.3 is 15.5 Å². The molecular weight excluding hydrogens is 448 g/mol. The number of amides is 1. The van der Waals surface area contributed by atoms with Gasteiger partial charge >= 0.3 is 0 Å². The number of aliphatic hydroxyl groups is 2. The Hall–Kier alpha value is -2.24. The topological polar surface area (TPSA) is 73.4 Å². The Balaban J connectivity index is 1.34. The highest BCUT2D eigenvalue weighted by Crippen LogP contribution is 2.17. The molecule has 2 rings (SSSR count). The van der Waals surface area contributed by atoms with Gasteiger partial charge in [0.05, 0.1) is 12.6 Å². The minimum absolute atomic E-state index is 0.0980. The van der Waals surface area contributed by atoms with Crippen LogP contribution in [-0.4, -0.2) is 28.8 Å². The molecule has 5 nitrogen and oxygen atoms in total. The minimum atomic E-state index is -0.899. The van der Waals surface area contributed by atoms with Gasteiger partial charge in [-0.2, -0.15) is 0 Å². The molecule has 0 fully saturated rings. The summed E-state index contributed by atoms with van der Waals surface area (Å²) in [5.41, 5.74) is 0.700. The predicted molar refractivity (Wildman–Crippen MR) is 146 cm³/mol. The number of aromatic nitrogens is 1. The monoisotopic (exact) mass is 497 g/mol. The first-order valence-electron chi connectivity index (χ1n) is 14.3. The van der Waals surface area contributed by atoms with E-state index in [0.717, 1.165) is 19.4 Å². The Kier molecular flexibility index (Phi) is 16.6. The predicted octanol–water partition coefficient (Wildman–Crippen LogP) is 6.04. The maximum Gasteiger partial charge on any atom is 0.220 e. The lowest BCUT2D eigenvalue weighted by Gasteiger charge is -2.22. The van der Waals surface area contributed by atoms with Crippen molar-refractivity contribution >= 4 is 5.91 Å². The maximum atomic E-state index is 12.2. The largest absolute Gasteiger partial charge is 0.394 e. The number of carbonyl (C=O) groups is 1. The first-order valence-corrected chi connectivity index (χ1v) is 14.3. The van der Waals surface area contributed by atoms with Crippen LogP contribution in [0.25, 0.3) is 0 Å². The summed E-state index contributed by atoms with van der Waals surface area (Å²) in [5.74, 6) is -0.0980. The van der Waals surface area contributed by atoms with Crippen molar-refractivity contribution in [2.24, 2.45) is 0 Å². The van der Waals surface area contributed by atoms with Gasteiger partial charge in [-0.05, 0) is 18.4 Å². The zero-order chi connectivity index (χ0) is 25.7. The Morgan fingerprint density at radius 3 is 1.69 bits per heavy atom. The van der Waals surface area contributed by atoms with Crippen LogP contribution in [-0.2, 0) is 11.3 Å². The van der Waals surface area contributed by atoms with E-state index in [1.165, 1.54) is 77.0 Å². The van der Waals surface area contributed by atoms with Gasteiger partial charge in [0.25, 0.3) is 0 Å². The number of pyridine rings is 1. The smallest absolute Gasteiger partial charge is 0.220 e. The number of rotatable bonds is 21. The molecular formula is C31H49N2O3+. The van der Waals surface area contributed by atoms with Gasteiger partial charge in [0.1, 0.15) is 12.6 Å². The Labute approximate surface area is 219 Å². The van der Waals surface area contributed by atoms with Gasteiger partial charge in [0, 0.05) is 25.0 Å². The van der Waals surface area contributed by atoms with Gasteiger partial charge in [-0.25, -0.2) is 4.57 Å². The first kappa shape index (κ1) is 30.0. The molecule has 1 amide bonds. The molecule has 36 heavy (non-hydrogen) atoms. The van der Waals surface area contributed by atoms with Gasteiger partial charge in [0.2, 0.25) is 5.91 Å². The lowest BCUT2D eigenvalue weighted by atomic mass is 10.0. The van der Waals surface area contributed by atoms with Crippen LogP contribution in [0.2, 0.25) is 0 Å². The van der Waals surface area contributed by atoms with Crippen LogP contribution in [0.1, 0.15) is 108 Å². The molecule has 3 N–H and O–H groups in total. The maximum absolute atomic E-state index is 12.2. The highest BCUT2D eigenvalue weighted by molar-refractivity contribution is 5.76. The fraction of sp³-hybridized carbons (Fsp3) is 0.613. The summed E-state index contributed by atoms with van der Waals surface area (Å²) in [7, 11) is 0. The Bertz CT molecular complexity index is 785. The van der Waals surface area contributed by atoms with Crippen molar-refractivity contribution in [2.75, 3.05) is 6.61 Å². The summed E-state index contributed by atoms with van der Waals surface area (Å²) in [4.78, 5) is 12.2. The second kappa shape index (κ2) is 19.9. The third-order valence-electron chi connectivity index (χ3n) is 6.91. The van der Waals surface area contributed by atoms with E-state index in [1.54, 1.807) is 12.1 Å². The van der Waals surface area contributed by atoms with Crippen molar-refractivity contribution in [1.82, 2.24) is 5.32 Å². The number of aryl methyl sites for hydroxylation is 1. The summed E-state index contributed by atoms with van der Waals surface area (Å²) in [6.45, 7) is 0.854. The van der Waals surface area contributed by atoms with Crippen molar-refractivity contribution in [1.29, 1.82) is 0 Å². The molecule has 0 bridgehead atoms. The van der Waals surface area contributed by atoms with E-state index in [0.29, 0.717) is 12.0 Å². The van der Waals surface area contributed by atoms with Gasteiger partial charge in [-0.15, -0.1) is 0 Å². The van der Waals surface area contributed by atoms with Crippen molar-refractivity contribution in [2.45, 2.75) is 115 Å². The van der Waals surface area contributed by atoms with Crippen molar-refractivity contribution in [3.05, 3.63) is 66.5 Å². The Morgan fingerprint density at radius 1 is 0.694 bits per heavy atom. The zero-order valence-electron chi connectivity index (χ0n) is 22.2. The second-order valence-corrected chi connectivity index (χ2v) is 10.0. The Morgan fingerprint density at radius 2 is 1.17 bits per heavy atom. The third kappa shape index (κ3) is 13.7. The van der Waals surface area contributed by atoms with Crippen LogP contribution in [0.4, 0.5) is 0 Å². The van der Waals surface area contributed by atoms with Crippen LogP contribution in [0, 0.1) is 0 Å². The molecule has 5 heteroatoms. The fourth-order valence-electron chi connectivity index (χ4n) is 4.67. The number of benzene rings is 1. The van der Waals surface area contributed by atoms with E-state index in [1.807, 2.05) is 18.2 Å². The third-order valence-corrected chi connectivity index (χ3v) is 6.91. The van der Waals surface area contributed by atoms with Gasteiger partial charge in [0.15, 0.2) is 12.4 Å². The lowest BCUT2D eigenvalue weighted by molar-refractivity contribution is -0.697. The molecule has 0 spiro atoms. The SMILES string of the molecule is O=C(CCCCCCCCCCCCCCCC[n+]1ccccc1)N[C@H](CO)[C@@H](O)c1ccccc1. The van der Waals surface area contributed by atoms with Crippen molar-refractivity contribution < 1.29 is 19.6 Å². The number of hydrogen-bond donors (Lipinski definition) is 3. The highest BCUT2D eigenvalue weighted by atomic mass is 16.3. The van der Waals surface area contributed by atoms with Crippen LogP contribution in [0.5, 0.6) is 0 Å². The molecule has 2 aromatic rings. The molecule has 1 aromatic heterocycles. The van der Waals surface area contributed by atoms with E-state index in [2.05, 4.69) is 40.5 Å². The van der Waals surface area contributed by atoms with Crippen LogP contribution in [0.3, 0.4) is 0 Å². The van der Waals surface area contributed by atoms with E-state index in [-0.39, 0.29) is 12.5 Å². The van der Waals surface area contributed by atoms with E-state index in [4.69, 9.17) is 0 Å². The highest BCUT2D eigenvalue weighted by Gasteiger charge is 2.21. The summed E-state index contributed by atoms with van der Waals surface area (Å²) >= 11 is 0. The van der Waals surface area contributed by atoms with Crippen LogP contribution in [0.15, 0.2) is 60.9 Å². The number of nitrogens with one attached hydrogen (secondary N) is 1. The molecule has 0 saturated heterocycles. The van der Waals surface area contributed by atoms with Crippen molar-refractivity contribution in [3.63, 3.8) is 0 Å². The number of hydrogen-bond acceptors (Lipinski definition) is 3. The molecule has 0 aliphatic heterocycles. The van der Waals surface area contributed by atoms with Crippen molar-refractivity contribution in [3.8, 4) is 0 Å². The summed E-state index contributed by atoms with van der Waals surface area (Å²) in [6, 6.07) is 14.7. The molecule has 0 saturated carbocycles. The summed E-state index contributed by atoms with van der Waals surface area (Å²) in [5, 5.41) is 22.7. The van der Waals surface area contributed by atoms with Crippen LogP contribution >= 0.6 is 0 Å². The molecule has 2 atom stereocenters. The number of aliphatic hydroxyl groups excluding tert-OH is 2. The zero-order valence-corrected chi connectivity index (χ0v) is 22.2. The normalized spacial score (nSPS) is 12.8. The average molecular weight is 498 g/mol. The second-order valence-electron chi connectivity index (χ2n) is 10.0. The van der Waals surface area contributed by atoms with E-state index >= 15 is 0 Å². The molecule has 1 aromatic carbocycles. The number of unbranched alkanes of at least 4 members (excludes halogenated alkanes) is 13. The summed E-state index contributed by atoms with van der Waals surface area (Å²) in [6.07, 6.45) is 21.6. The molecule has 200 valence electrons. The molecule has 0 aliphatic carbocycles. The first-order chi connectivity index (χ1) is 17.7. The molecule has 0 unspecified atom stereocenters. The van der Waals surface area contributed by atoms with Crippen LogP contribution < -0.4 is 9.88 Å². The standard InChI is InChI=1S/C31H48N2O3/c34-27-29(31(36)28-21-15-13-16-22-28)32-30(35)23-17-11-9-7-5-3-1-2-4-6-8-10-12-18-24-33-25-19-14-20-26-33/h13-16,19-22,25-26,29,31,34,36H,1-12,17-18,23-24,27H2/p+1/t29-,31+/m1/s1. The minimum Gasteiger partial charge on any atom is -0.394 e. The van der Waals surface area contributed by atoms with Gasteiger partial charge in [-0.3, -0.25) is 4.79 Å². The van der Waals surface area contributed by atoms with E-state index in [9.17, 15) is 15.0 Å². The van der Waals surface area contributed by atoms with E-state index < -0.39 is 12.1 Å².